The molecule has 2 aromatic rings. The number of hydrogen-bond acceptors (Lipinski definition) is 4. The fourth-order valence-electron chi connectivity index (χ4n) is 3.57. The molecule has 0 bridgehead atoms. The molecule has 2 aromatic carbocycles. The Bertz CT molecular complexity index is 939. The summed E-state index contributed by atoms with van der Waals surface area (Å²) in [5.41, 5.74) is 0.447. The van der Waals surface area contributed by atoms with Gasteiger partial charge in [-0.15, -0.1) is 0 Å². The molecule has 156 valence electrons. The summed E-state index contributed by atoms with van der Waals surface area (Å²) in [6.45, 7) is 1.40. The third kappa shape index (κ3) is 4.97. The maximum atomic E-state index is 13.4. The highest BCUT2D eigenvalue weighted by molar-refractivity contribution is 7.91. The largest absolute Gasteiger partial charge is 0.471 e. The number of nitrogens with one attached hydrogen (secondary N) is 2. The summed E-state index contributed by atoms with van der Waals surface area (Å²) in [5.74, 6) is -2.20. The van der Waals surface area contributed by atoms with Gasteiger partial charge < -0.3 is 10.6 Å². The van der Waals surface area contributed by atoms with Crippen LogP contribution in [0.2, 0.25) is 0 Å². The van der Waals surface area contributed by atoms with Crippen molar-refractivity contribution in [3.05, 3.63) is 60.2 Å². The van der Waals surface area contributed by atoms with E-state index in [1.54, 1.807) is 35.6 Å². The molecule has 1 saturated heterocycles. The van der Waals surface area contributed by atoms with E-state index in [0.29, 0.717) is 31.5 Å². The highest BCUT2D eigenvalue weighted by Gasteiger charge is 2.39. The number of carbonyl (C=O) groups is 1. The minimum atomic E-state index is -4.99. The van der Waals surface area contributed by atoms with Crippen molar-refractivity contribution >= 4 is 21.4 Å². The predicted octanol–water partition coefficient (Wildman–Crippen LogP) is 3.70. The van der Waals surface area contributed by atoms with Crippen molar-refractivity contribution < 1.29 is 26.4 Å². The minimum absolute atomic E-state index is 0.0442. The van der Waals surface area contributed by atoms with Gasteiger partial charge in [0.2, 0.25) is 0 Å². The summed E-state index contributed by atoms with van der Waals surface area (Å²) in [6.07, 6.45) is -3.65. The van der Waals surface area contributed by atoms with Crippen LogP contribution in [0.3, 0.4) is 0 Å². The van der Waals surface area contributed by atoms with E-state index in [1.165, 1.54) is 24.3 Å². The highest BCUT2D eigenvalue weighted by atomic mass is 32.2. The monoisotopic (exact) mass is 426 g/mol. The van der Waals surface area contributed by atoms with E-state index in [4.69, 9.17) is 0 Å². The highest BCUT2D eigenvalue weighted by Crippen LogP contribution is 2.39. The van der Waals surface area contributed by atoms with Gasteiger partial charge in [0, 0.05) is 5.69 Å². The number of hydrogen-bond donors (Lipinski definition) is 2. The molecule has 29 heavy (non-hydrogen) atoms. The number of rotatable bonds is 5. The summed E-state index contributed by atoms with van der Waals surface area (Å²) in [5, 5.41) is 4.16. The van der Waals surface area contributed by atoms with Gasteiger partial charge in [0.25, 0.3) is 0 Å². The van der Waals surface area contributed by atoms with Crippen LogP contribution in [0.15, 0.2) is 59.5 Å². The van der Waals surface area contributed by atoms with Crippen LogP contribution in [0.1, 0.15) is 23.7 Å². The first kappa shape index (κ1) is 21.3. The zero-order chi connectivity index (χ0) is 21.1. The van der Waals surface area contributed by atoms with Crippen LogP contribution in [0.4, 0.5) is 18.9 Å². The lowest BCUT2D eigenvalue weighted by atomic mass is 9.90. The molecule has 1 aliphatic rings. The normalized spacial score (nSPS) is 16.9. The van der Waals surface area contributed by atoms with Crippen LogP contribution in [0, 0.1) is 5.92 Å². The average Bonchev–Trinajstić information content (AvgIpc) is 2.70. The lowest BCUT2D eigenvalue weighted by molar-refractivity contribution is -0.167. The minimum Gasteiger partial charge on any atom is -0.318 e. The number of halogens is 3. The second-order valence-electron chi connectivity index (χ2n) is 6.94. The van der Waals surface area contributed by atoms with Gasteiger partial charge in [0.05, 0.1) is 10.1 Å². The van der Waals surface area contributed by atoms with E-state index in [-0.39, 0.29) is 16.5 Å². The quantitative estimate of drug-likeness (QED) is 0.765. The molecule has 1 aliphatic heterocycles. The molecule has 0 radical (unpaired) electrons. The van der Waals surface area contributed by atoms with Gasteiger partial charge in [-0.2, -0.15) is 13.2 Å². The van der Waals surface area contributed by atoms with Crippen LogP contribution >= 0.6 is 0 Å². The van der Waals surface area contributed by atoms with E-state index in [2.05, 4.69) is 5.32 Å². The molecule has 0 aliphatic carbocycles. The maximum Gasteiger partial charge on any atom is 0.471 e. The number of sulfone groups is 1. The first-order valence-corrected chi connectivity index (χ1v) is 10.7. The molecule has 3 rings (SSSR count). The molecule has 9 heteroatoms. The molecule has 2 N–H and O–H groups in total. The molecular weight excluding hydrogens is 405 g/mol. The first-order valence-electron chi connectivity index (χ1n) is 9.17. The fraction of sp³-hybridized carbons (Fsp3) is 0.350. The van der Waals surface area contributed by atoms with Crippen molar-refractivity contribution in [1.29, 1.82) is 0 Å². The second-order valence-corrected chi connectivity index (χ2v) is 9.01. The molecular formula is C20H21F3N2O3S. The maximum absolute atomic E-state index is 13.4. The Labute approximate surface area is 167 Å². The molecule has 0 aromatic heterocycles. The molecule has 1 fully saturated rings. The van der Waals surface area contributed by atoms with E-state index >= 15 is 0 Å². The second kappa shape index (κ2) is 8.54. The van der Waals surface area contributed by atoms with Gasteiger partial charge in [-0.3, -0.25) is 4.79 Å². The lowest BCUT2D eigenvalue weighted by Crippen LogP contribution is -2.33. The Hall–Kier alpha value is -2.39. The average molecular weight is 426 g/mol. The number of piperidine rings is 1. The molecule has 1 amide bonds. The fourth-order valence-corrected chi connectivity index (χ4v) is 5.69. The lowest BCUT2D eigenvalue weighted by Gasteiger charge is -2.31. The van der Waals surface area contributed by atoms with Crippen molar-refractivity contribution in [2.24, 2.45) is 5.92 Å². The molecule has 1 atom stereocenters. The number of carbonyl (C=O) groups excluding carboxylic acids is 1. The van der Waals surface area contributed by atoms with Gasteiger partial charge >= 0.3 is 12.1 Å². The van der Waals surface area contributed by atoms with E-state index in [0.717, 1.165) is 0 Å². The molecule has 1 unspecified atom stereocenters. The number of alkyl halides is 3. The third-order valence-electron chi connectivity index (χ3n) is 4.97. The van der Waals surface area contributed by atoms with Crippen molar-refractivity contribution in [1.82, 2.24) is 5.32 Å². The van der Waals surface area contributed by atoms with Crippen molar-refractivity contribution in [2.45, 2.75) is 29.2 Å². The Kier molecular flexibility index (Phi) is 6.28. The number of anilines is 1. The number of amides is 1. The standard InChI is InChI=1S/C20H21F3N2O3S/c21-20(22,23)19(26)25-16-8-6-14(7-9-16)18(15-10-12-24-13-11-15)29(27,28)17-4-2-1-3-5-17/h1-9,15,18,24H,10-13H2,(H,25,26). The summed E-state index contributed by atoms with van der Waals surface area (Å²) in [4.78, 5) is 11.3. The Morgan fingerprint density at radius 1 is 1.00 bits per heavy atom. The molecule has 0 spiro atoms. The SMILES string of the molecule is O=C(Nc1ccc(C(C2CCNCC2)S(=O)(=O)c2ccccc2)cc1)C(F)(F)F. The molecule has 5 nitrogen and oxygen atoms in total. The van der Waals surface area contributed by atoms with Crippen molar-refractivity contribution in [3.8, 4) is 0 Å². The predicted molar refractivity (Wildman–Crippen MR) is 103 cm³/mol. The summed E-state index contributed by atoms with van der Waals surface area (Å²) in [7, 11) is -3.71. The Morgan fingerprint density at radius 2 is 1.59 bits per heavy atom. The smallest absolute Gasteiger partial charge is 0.318 e. The summed E-state index contributed by atoms with van der Waals surface area (Å²) < 4.78 is 64.1. The van der Waals surface area contributed by atoms with Crippen LogP contribution in [-0.4, -0.2) is 33.6 Å². The van der Waals surface area contributed by atoms with E-state index in [1.807, 2.05) is 0 Å². The Morgan fingerprint density at radius 3 is 2.14 bits per heavy atom. The molecule has 1 heterocycles. The summed E-state index contributed by atoms with van der Waals surface area (Å²) >= 11 is 0. The van der Waals surface area contributed by atoms with Crippen LogP contribution < -0.4 is 10.6 Å². The van der Waals surface area contributed by atoms with E-state index < -0.39 is 27.2 Å². The zero-order valence-electron chi connectivity index (χ0n) is 15.4. The van der Waals surface area contributed by atoms with Crippen LogP contribution in [-0.2, 0) is 14.6 Å². The van der Waals surface area contributed by atoms with Gasteiger partial charge in [0.1, 0.15) is 0 Å². The topological polar surface area (TPSA) is 75.3 Å². The number of benzene rings is 2. The zero-order valence-corrected chi connectivity index (χ0v) is 16.3. The Balaban J connectivity index is 1.93. The van der Waals surface area contributed by atoms with Gasteiger partial charge in [0.15, 0.2) is 9.84 Å². The van der Waals surface area contributed by atoms with Gasteiger partial charge in [-0.1, -0.05) is 30.3 Å². The first-order chi connectivity index (χ1) is 13.7. The van der Waals surface area contributed by atoms with Crippen molar-refractivity contribution in [3.63, 3.8) is 0 Å². The summed E-state index contributed by atoms with van der Waals surface area (Å²) in [6, 6.07) is 13.7. The van der Waals surface area contributed by atoms with Crippen molar-refractivity contribution in [2.75, 3.05) is 18.4 Å². The van der Waals surface area contributed by atoms with Crippen LogP contribution in [0.25, 0.3) is 0 Å². The third-order valence-corrected chi connectivity index (χ3v) is 7.23. The molecule has 0 saturated carbocycles. The van der Waals surface area contributed by atoms with Crippen LogP contribution in [0.5, 0.6) is 0 Å². The van der Waals surface area contributed by atoms with Gasteiger partial charge in [-0.25, -0.2) is 8.42 Å². The van der Waals surface area contributed by atoms with E-state index in [9.17, 15) is 26.4 Å². The van der Waals surface area contributed by atoms with Gasteiger partial charge in [-0.05, 0) is 61.7 Å².